The Hall–Kier alpha value is -4.46. The molecule has 0 saturated heterocycles. The maximum Gasteiger partial charge on any atom is 0.413 e. The van der Waals surface area contributed by atoms with Gasteiger partial charge in [-0.05, 0) is 35.1 Å². The number of aromatic nitrogens is 3. The summed E-state index contributed by atoms with van der Waals surface area (Å²) in [5.74, 6) is -0.446. The third kappa shape index (κ3) is 4.63. The minimum atomic E-state index is -0.757. The highest BCUT2D eigenvalue weighted by atomic mass is 16.5. The van der Waals surface area contributed by atoms with Gasteiger partial charge in [0.25, 0.3) is 0 Å². The number of hydrogen-bond acceptors (Lipinski definition) is 5. The van der Waals surface area contributed by atoms with Crippen molar-refractivity contribution >= 4 is 17.9 Å². The number of anilines is 1. The average molecular weight is 469 g/mol. The number of rotatable bonds is 7. The lowest BCUT2D eigenvalue weighted by Gasteiger charge is -2.11. The van der Waals surface area contributed by atoms with Crippen LogP contribution in [0.1, 0.15) is 24.0 Å². The SMILES string of the molecule is Cn1nc(NC(=O)OCc2ccccc2)c(-c2ccc(-c3ccc(C4(C(=O)O)CC4)cc3)cc2)n1. The summed E-state index contributed by atoms with van der Waals surface area (Å²) in [6, 6.07) is 24.9. The molecule has 8 heteroatoms. The predicted octanol–water partition coefficient (Wildman–Crippen LogP) is 5.01. The Kier molecular flexibility index (Phi) is 5.78. The first-order valence-corrected chi connectivity index (χ1v) is 11.3. The molecule has 3 aromatic carbocycles. The van der Waals surface area contributed by atoms with Gasteiger partial charge in [-0.15, -0.1) is 5.10 Å². The van der Waals surface area contributed by atoms with Gasteiger partial charge in [0.05, 0.1) is 5.41 Å². The summed E-state index contributed by atoms with van der Waals surface area (Å²) in [7, 11) is 1.68. The van der Waals surface area contributed by atoms with Gasteiger partial charge in [-0.2, -0.15) is 9.90 Å². The van der Waals surface area contributed by atoms with Crippen molar-refractivity contribution in [3.8, 4) is 22.4 Å². The molecule has 35 heavy (non-hydrogen) atoms. The largest absolute Gasteiger partial charge is 0.481 e. The summed E-state index contributed by atoms with van der Waals surface area (Å²) < 4.78 is 5.30. The Labute approximate surface area is 202 Å². The lowest BCUT2D eigenvalue weighted by atomic mass is 9.93. The van der Waals surface area contributed by atoms with Gasteiger partial charge in [0.1, 0.15) is 12.3 Å². The molecule has 0 atom stereocenters. The number of carbonyl (C=O) groups excluding carboxylic acids is 1. The van der Waals surface area contributed by atoms with Gasteiger partial charge in [0.15, 0.2) is 5.82 Å². The van der Waals surface area contributed by atoms with Crippen LogP contribution in [-0.4, -0.2) is 32.2 Å². The number of hydrogen-bond donors (Lipinski definition) is 2. The number of carboxylic acids is 1. The summed E-state index contributed by atoms with van der Waals surface area (Å²) in [5.41, 5.74) is 4.33. The molecule has 8 nitrogen and oxygen atoms in total. The van der Waals surface area contributed by atoms with Gasteiger partial charge in [-0.3, -0.25) is 10.1 Å². The maximum atomic E-state index is 12.3. The lowest BCUT2D eigenvalue weighted by Crippen LogP contribution is -2.19. The molecule has 1 aliphatic rings. The molecule has 176 valence electrons. The Morgan fingerprint density at radius 1 is 0.914 bits per heavy atom. The number of nitrogens with zero attached hydrogens (tertiary/aromatic N) is 3. The van der Waals surface area contributed by atoms with E-state index >= 15 is 0 Å². The van der Waals surface area contributed by atoms with Crippen molar-refractivity contribution in [3.63, 3.8) is 0 Å². The molecule has 2 N–H and O–H groups in total. The molecule has 1 aromatic heterocycles. The van der Waals surface area contributed by atoms with E-state index in [1.54, 1.807) is 7.05 Å². The number of amides is 1. The van der Waals surface area contributed by atoms with Crippen LogP contribution in [0.3, 0.4) is 0 Å². The van der Waals surface area contributed by atoms with Gasteiger partial charge in [-0.25, -0.2) is 4.79 Å². The number of aryl methyl sites for hydroxylation is 1. The van der Waals surface area contributed by atoms with Gasteiger partial charge in [0, 0.05) is 12.6 Å². The van der Waals surface area contributed by atoms with Crippen molar-refractivity contribution in [1.29, 1.82) is 0 Å². The van der Waals surface area contributed by atoms with Crippen LogP contribution in [0.25, 0.3) is 22.4 Å². The molecule has 1 aliphatic carbocycles. The molecule has 1 saturated carbocycles. The quantitative estimate of drug-likeness (QED) is 0.395. The first-order valence-electron chi connectivity index (χ1n) is 11.3. The number of carbonyl (C=O) groups is 2. The zero-order valence-electron chi connectivity index (χ0n) is 19.1. The third-order valence-corrected chi connectivity index (χ3v) is 6.24. The van der Waals surface area contributed by atoms with Crippen molar-refractivity contribution in [2.75, 3.05) is 5.32 Å². The fourth-order valence-corrected chi connectivity index (χ4v) is 4.09. The van der Waals surface area contributed by atoms with Crippen LogP contribution in [0.2, 0.25) is 0 Å². The highest BCUT2D eigenvalue weighted by molar-refractivity contribution is 5.88. The Bertz CT molecular complexity index is 1360. The Morgan fingerprint density at radius 3 is 2.11 bits per heavy atom. The van der Waals surface area contributed by atoms with Crippen LogP contribution in [-0.2, 0) is 28.6 Å². The van der Waals surface area contributed by atoms with Crippen molar-refractivity contribution in [1.82, 2.24) is 15.0 Å². The highest BCUT2D eigenvalue weighted by Crippen LogP contribution is 2.48. The molecule has 0 aliphatic heterocycles. The summed E-state index contributed by atoms with van der Waals surface area (Å²) in [4.78, 5) is 25.3. The van der Waals surface area contributed by atoms with Crippen LogP contribution >= 0.6 is 0 Å². The van der Waals surface area contributed by atoms with Crippen LogP contribution in [0.5, 0.6) is 0 Å². The first-order chi connectivity index (χ1) is 16.9. The van der Waals surface area contributed by atoms with E-state index in [1.165, 1.54) is 4.80 Å². The molecule has 0 bridgehead atoms. The van der Waals surface area contributed by atoms with Crippen molar-refractivity contribution in [2.24, 2.45) is 7.05 Å². The molecule has 0 unspecified atom stereocenters. The molecular formula is C27H24N4O4. The van der Waals surface area contributed by atoms with Gasteiger partial charge < -0.3 is 9.84 Å². The second kappa shape index (κ2) is 9.06. The fourth-order valence-electron chi connectivity index (χ4n) is 4.09. The summed E-state index contributed by atoms with van der Waals surface area (Å²) in [6.07, 6.45) is 0.761. The molecule has 1 fully saturated rings. The third-order valence-electron chi connectivity index (χ3n) is 6.24. The van der Waals surface area contributed by atoms with Gasteiger partial charge in [0.2, 0.25) is 0 Å². The molecule has 0 spiro atoms. The van der Waals surface area contributed by atoms with Crippen LogP contribution < -0.4 is 5.32 Å². The first kappa shape index (κ1) is 22.3. The van der Waals surface area contributed by atoms with E-state index in [1.807, 2.05) is 78.9 Å². The summed E-state index contributed by atoms with van der Waals surface area (Å²) >= 11 is 0. The number of ether oxygens (including phenoxy) is 1. The van der Waals surface area contributed by atoms with E-state index < -0.39 is 17.5 Å². The molecular weight excluding hydrogens is 444 g/mol. The van der Waals surface area contributed by atoms with Crippen molar-refractivity contribution in [3.05, 3.63) is 90.0 Å². The van der Waals surface area contributed by atoms with Gasteiger partial charge in [-0.1, -0.05) is 78.9 Å². The normalized spacial score (nSPS) is 13.7. The zero-order valence-corrected chi connectivity index (χ0v) is 19.1. The number of benzene rings is 3. The topological polar surface area (TPSA) is 106 Å². The second-order valence-electron chi connectivity index (χ2n) is 8.62. The average Bonchev–Trinajstić information content (AvgIpc) is 3.62. The van der Waals surface area contributed by atoms with E-state index in [-0.39, 0.29) is 6.61 Å². The fraction of sp³-hybridized carbons (Fsp3) is 0.185. The van der Waals surface area contributed by atoms with Gasteiger partial charge >= 0.3 is 12.1 Å². The Balaban J connectivity index is 1.29. The second-order valence-corrected chi connectivity index (χ2v) is 8.62. The van der Waals surface area contributed by atoms with E-state index in [2.05, 4.69) is 15.5 Å². The minimum Gasteiger partial charge on any atom is -0.481 e. The van der Waals surface area contributed by atoms with Crippen LogP contribution in [0.15, 0.2) is 78.9 Å². The van der Waals surface area contributed by atoms with Crippen molar-refractivity contribution in [2.45, 2.75) is 24.9 Å². The minimum absolute atomic E-state index is 0.156. The maximum absolute atomic E-state index is 12.3. The van der Waals surface area contributed by atoms with E-state index in [9.17, 15) is 14.7 Å². The van der Waals surface area contributed by atoms with E-state index in [4.69, 9.17) is 4.74 Å². The van der Waals surface area contributed by atoms with Crippen LogP contribution in [0, 0.1) is 0 Å². The zero-order chi connectivity index (χ0) is 24.4. The Morgan fingerprint density at radius 2 is 1.51 bits per heavy atom. The molecule has 4 aromatic rings. The standard InChI is InChI=1S/C27H24N4O4/c1-31-29-23(24(30-31)28-26(34)35-17-18-5-3-2-4-6-18)21-9-7-19(8-10-21)20-11-13-22(14-12-20)27(15-16-27)25(32)33/h2-14H,15-17H2,1H3,(H,32,33)(H,28,30,34). The summed E-state index contributed by atoms with van der Waals surface area (Å²) in [6.45, 7) is 0.156. The molecule has 5 rings (SSSR count). The molecule has 0 radical (unpaired) electrons. The monoisotopic (exact) mass is 468 g/mol. The lowest BCUT2D eigenvalue weighted by molar-refractivity contribution is -0.140. The number of nitrogens with one attached hydrogen (secondary N) is 1. The molecule has 1 amide bonds. The molecule has 1 heterocycles. The highest BCUT2D eigenvalue weighted by Gasteiger charge is 2.51. The number of carboxylic acid groups (broad SMARTS) is 1. The summed E-state index contributed by atoms with van der Waals surface area (Å²) in [5, 5.41) is 20.8. The smallest absolute Gasteiger partial charge is 0.413 e. The van der Waals surface area contributed by atoms with Crippen molar-refractivity contribution < 1.29 is 19.4 Å². The van der Waals surface area contributed by atoms with E-state index in [0.29, 0.717) is 24.4 Å². The predicted molar refractivity (Wildman–Crippen MR) is 131 cm³/mol. The van der Waals surface area contributed by atoms with E-state index in [0.717, 1.165) is 27.8 Å². The van der Waals surface area contributed by atoms with Crippen LogP contribution in [0.4, 0.5) is 10.6 Å². The number of aliphatic carboxylic acids is 1.